The highest BCUT2D eigenvalue weighted by molar-refractivity contribution is 6.43. The van der Waals surface area contributed by atoms with Crippen LogP contribution < -0.4 is 5.73 Å². The topological polar surface area (TPSA) is 86.8 Å². The Bertz CT molecular complexity index is 198. The molecule has 0 aliphatic carbocycles. The first-order chi connectivity index (χ1) is 6.04. The molecule has 1 aliphatic heterocycles. The van der Waals surface area contributed by atoms with Crippen molar-refractivity contribution in [3.63, 3.8) is 0 Å². The van der Waals surface area contributed by atoms with E-state index in [0.29, 0.717) is 13.0 Å². The Hall–Kier alpha value is -0.585. The van der Waals surface area contributed by atoms with E-state index >= 15 is 0 Å². The first kappa shape index (κ1) is 10.5. The quantitative estimate of drug-likeness (QED) is 0.450. The molecular formula is C7H15BN2O3. The molecule has 0 aromatic heterocycles. The predicted molar refractivity (Wildman–Crippen MR) is 48.6 cm³/mol. The summed E-state index contributed by atoms with van der Waals surface area (Å²) >= 11 is 0. The van der Waals surface area contributed by atoms with E-state index in [-0.39, 0.29) is 5.91 Å². The summed E-state index contributed by atoms with van der Waals surface area (Å²) in [7, 11) is -1.45. The van der Waals surface area contributed by atoms with E-state index in [4.69, 9.17) is 15.8 Å². The third kappa shape index (κ3) is 2.21. The van der Waals surface area contributed by atoms with Gasteiger partial charge in [-0.25, -0.2) is 0 Å². The standard InChI is InChI=1S/C7H15BN2O3/c1-5(9)7(11)10-4-2-3-6(10)8(12)13/h5-6,12-13H,2-4,9H2,1H3. The van der Waals surface area contributed by atoms with Crippen LogP contribution in [0.4, 0.5) is 0 Å². The lowest BCUT2D eigenvalue weighted by Crippen LogP contribution is -2.50. The highest BCUT2D eigenvalue weighted by Crippen LogP contribution is 2.18. The maximum Gasteiger partial charge on any atom is 0.475 e. The monoisotopic (exact) mass is 186 g/mol. The highest BCUT2D eigenvalue weighted by Gasteiger charge is 2.37. The minimum atomic E-state index is -1.45. The van der Waals surface area contributed by atoms with Gasteiger partial charge in [0.05, 0.1) is 12.0 Å². The van der Waals surface area contributed by atoms with Gasteiger partial charge in [0, 0.05) is 6.54 Å². The van der Waals surface area contributed by atoms with Crippen molar-refractivity contribution in [1.29, 1.82) is 0 Å². The second-order valence-corrected chi connectivity index (χ2v) is 3.44. The van der Waals surface area contributed by atoms with Crippen molar-refractivity contribution in [1.82, 2.24) is 4.90 Å². The van der Waals surface area contributed by atoms with E-state index in [1.807, 2.05) is 0 Å². The van der Waals surface area contributed by atoms with Crippen molar-refractivity contribution in [2.24, 2.45) is 5.73 Å². The fraction of sp³-hybridized carbons (Fsp3) is 0.857. The molecule has 2 atom stereocenters. The van der Waals surface area contributed by atoms with Crippen LogP contribution in [0.15, 0.2) is 0 Å². The van der Waals surface area contributed by atoms with Crippen LogP contribution in [0.5, 0.6) is 0 Å². The van der Waals surface area contributed by atoms with E-state index in [2.05, 4.69) is 0 Å². The lowest BCUT2D eigenvalue weighted by molar-refractivity contribution is -0.132. The van der Waals surface area contributed by atoms with Crippen LogP contribution in [0.2, 0.25) is 0 Å². The van der Waals surface area contributed by atoms with E-state index in [0.717, 1.165) is 6.42 Å². The Morgan fingerprint density at radius 2 is 2.31 bits per heavy atom. The van der Waals surface area contributed by atoms with Gasteiger partial charge in [-0.2, -0.15) is 0 Å². The van der Waals surface area contributed by atoms with Gasteiger partial charge in [0.15, 0.2) is 0 Å². The average Bonchev–Trinajstić information content (AvgIpc) is 2.50. The molecule has 1 fully saturated rings. The smallest absolute Gasteiger partial charge is 0.426 e. The van der Waals surface area contributed by atoms with Crippen molar-refractivity contribution in [2.75, 3.05) is 6.54 Å². The zero-order valence-corrected chi connectivity index (χ0v) is 7.68. The van der Waals surface area contributed by atoms with E-state index in [1.54, 1.807) is 6.92 Å². The Morgan fingerprint density at radius 3 is 2.77 bits per heavy atom. The van der Waals surface area contributed by atoms with Crippen LogP contribution in [0, 0.1) is 0 Å². The Morgan fingerprint density at radius 1 is 1.69 bits per heavy atom. The molecule has 2 unspecified atom stereocenters. The molecule has 0 radical (unpaired) electrons. The number of hydrogen-bond donors (Lipinski definition) is 3. The molecule has 0 aromatic rings. The lowest BCUT2D eigenvalue weighted by atomic mass is 9.78. The average molecular weight is 186 g/mol. The van der Waals surface area contributed by atoms with Crippen molar-refractivity contribution >= 4 is 13.0 Å². The van der Waals surface area contributed by atoms with Gasteiger partial charge in [-0.1, -0.05) is 0 Å². The molecule has 4 N–H and O–H groups in total. The first-order valence-corrected chi connectivity index (χ1v) is 4.46. The summed E-state index contributed by atoms with van der Waals surface area (Å²) in [5.41, 5.74) is 5.42. The SMILES string of the molecule is CC(N)C(=O)N1CCCC1B(O)O. The van der Waals surface area contributed by atoms with Crippen LogP contribution >= 0.6 is 0 Å². The van der Waals surface area contributed by atoms with Gasteiger partial charge >= 0.3 is 7.12 Å². The second-order valence-electron chi connectivity index (χ2n) is 3.44. The summed E-state index contributed by atoms with van der Waals surface area (Å²) < 4.78 is 0. The summed E-state index contributed by atoms with van der Waals surface area (Å²) in [5, 5.41) is 17.9. The largest absolute Gasteiger partial charge is 0.475 e. The summed E-state index contributed by atoms with van der Waals surface area (Å²) in [6.07, 6.45) is 1.44. The van der Waals surface area contributed by atoms with Gasteiger partial charge < -0.3 is 20.7 Å². The molecule has 0 bridgehead atoms. The van der Waals surface area contributed by atoms with Gasteiger partial charge in [-0.3, -0.25) is 4.79 Å². The Kier molecular flexibility index (Phi) is 3.30. The van der Waals surface area contributed by atoms with Gasteiger partial charge in [-0.05, 0) is 19.8 Å². The van der Waals surface area contributed by atoms with Crippen LogP contribution in [-0.4, -0.2) is 46.5 Å². The van der Waals surface area contributed by atoms with Gasteiger partial charge in [0.1, 0.15) is 0 Å². The summed E-state index contributed by atoms with van der Waals surface area (Å²) in [5.74, 6) is -0.686. The third-order valence-electron chi connectivity index (χ3n) is 2.32. The maximum atomic E-state index is 11.4. The maximum absolute atomic E-state index is 11.4. The summed E-state index contributed by atoms with van der Waals surface area (Å²) in [6.45, 7) is 2.17. The van der Waals surface area contributed by atoms with E-state index < -0.39 is 19.1 Å². The predicted octanol–water partition coefficient (Wildman–Crippen LogP) is -1.66. The Labute approximate surface area is 77.7 Å². The van der Waals surface area contributed by atoms with Crippen LogP contribution in [0.1, 0.15) is 19.8 Å². The molecule has 1 saturated heterocycles. The number of carbonyl (C=O) groups excluding carboxylic acids is 1. The number of nitrogens with zero attached hydrogens (tertiary/aromatic N) is 1. The molecule has 74 valence electrons. The van der Waals surface area contributed by atoms with Crippen LogP contribution in [-0.2, 0) is 4.79 Å². The fourth-order valence-electron chi connectivity index (χ4n) is 1.64. The van der Waals surface area contributed by atoms with Crippen molar-refractivity contribution in [3.05, 3.63) is 0 Å². The highest BCUT2D eigenvalue weighted by atomic mass is 16.4. The van der Waals surface area contributed by atoms with Crippen molar-refractivity contribution in [2.45, 2.75) is 31.7 Å². The first-order valence-electron chi connectivity index (χ1n) is 4.46. The molecule has 0 aromatic carbocycles. The number of likely N-dealkylation sites (tertiary alicyclic amines) is 1. The molecule has 0 spiro atoms. The molecule has 6 heteroatoms. The van der Waals surface area contributed by atoms with Crippen LogP contribution in [0.3, 0.4) is 0 Å². The molecule has 1 heterocycles. The molecule has 13 heavy (non-hydrogen) atoms. The number of hydrogen-bond acceptors (Lipinski definition) is 4. The zero-order valence-electron chi connectivity index (χ0n) is 7.68. The van der Waals surface area contributed by atoms with Gasteiger partial charge in [-0.15, -0.1) is 0 Å². The summed E-state index contributed by atoms with van der Waals surface area (Å²) in [4.78, 5) is 12.9. The van der Waals surface area contributed by atoms with Crippen LogP contribution in [0.25, 0.3) is 0 Å². The zero-order chi connectivity index (χ0) is 10.0. The van der Waals surface area contributed by atoms with Gasteiger partial charge in [0.25, 0.3) is 0 Å². The van der Waals surface area contributed by atoms with Crippen molar-refractivity contribution in [3.8, 4) is 0 Å². The summed E-state index contributed by atoms with van der Waals surface area (Å²) in [6, 6.07) is -0.570. The molecule has 1 aliphatic rings. The molecule has 5 nitrogen and oxygen atoms in total. The fourth-order valence-corrected chi connectivity index (χ4v) is 1.64. The molecule has 1 amide bonds. The molecular weight excluding hydrogens is 171 g/mol. The normalized spacial score (nSPS) is 24.6. The molecule has 0 saturated carbocycles. The van der Waals surface area contributed by atoms with E-state index in [9.17, 15) is 4.79 Å². The lowest BCUT2D eigenvalue weighted by Gasteiger charge is -2.25. The third-order valence-corrected chi connectivity index (χ3v) is 2.32. The van der Waals surface area contributed by atoms with Crippen molar-refractivity contribution < 1.29 is 14.8 Å². The number of nitrogens with two attached hydrogens (primary N) is 1. The van der Waals surface area contributed by atoms with E-state index in [1.165, 1.54) is 4.90 Å². The Balaban J connectivity index is 2.63. The second kappa shape index (κ2) is 4.08. The number of carbonyl (C=O) groups is 1. The molecule has 1 rings (SSSR count). The van der Waals surface area contributed by atoms with Gasteiger partial charge in [0.2, 0.25) is 5.91 Å². The minimum Gasteiger partial charge on any atom is -0.426 e. The number of amides is 1. The number of rotatable bonds is 2. The minimum absolute atomic E-state index is 0.212.